The van der Waals surface area contributed by atoms with Crippen LogP contribution in [-0.2, 0) is 0 Å². The van der Waals surface area contributed by atoms with Crippen LogP contribution in [0.15, 0.2) is 18.2 Å². The smallest absolute Gasteiger partial charge is 0.215 e. The number of pyridine rings is 1. The van der Waals surface area contributed by atoms with Gasteiger partial charge in [-0.2, -0.15) is 4.98 Å². The second-order valence-corrected chi connectivity index (χ2v) is 5.06. The molecule has 1 aromatic rings. The third-order valence-electron chi connectivity index (χ3n) is 3.80. The van der Waals surface area contributed by atoms with Gasteiger partial charge in [-0.3, -0.25) is 0 Å². The van der Waals surface area contributed by atoms with E-state index < -0.39 is 0 Å². The summed E-state index contributed by atoms with van der Waals surface area (Å²) in [5, 5.41) is 3.41. The highest BCUT2D eigenvalue weighted by atomic mass is 16.5. The molecule has 4 heteroatoms. The number of aromatic nitrogens is 1. The van der Waals surface area contributed by atoms with E-state index in [0.29, 0.717) is 6.61 Å². The lowest BCUT2D eigenvalue weighted by atomic mass is 9.90. The van der Waals surface area contributed by atoms with Crippen molar-refractivity contribution in [3.8, 4) is 5.88 Å². The van der Waals surface area contributed by atoms with Crippen LogP contribution < -0.4 is 15.0 Å². The lowest BCUT2D eigenvalue weighted by Crippen LogP contribution is -2.50. The van der Waals surface area contributed by atoms with Gasteiger partial charge in [0.25, 0.3) is 0 Å². The Bertz CT molecular complexity index is 386. The number of nitrogens with zero attached hydrogens (tertiary/aromatic N) is 2. The summed E-state index contributed by atoms with van der Waals surface area (Å²) in [6, 6.07) is 5.98. The van der Waals surface area contributed by atoms with Gasteiger partial charge in [-0.05, 0) is 39.8 Å². The molecule has 0 amide bonds. The largest absolute Gasteiger partial charge is 0.478 e. The Balaban J connectivity index is 2.03. The zero-order valence-electron chi connectivity index (χ0n) is 11.6. The maximum atomic E-state index is 5.45. The second kappa shape index (κ2) is 5.57. The van der Waals surface area contributed by atoms with Gasteiger partial charge in [0.2, 0.25) is 5.88 Å². The second-order valence-electron chi connectivity index (χ2n) is 5.06. The molecule has 0 spiro atoms. The Hall–Kier alpha value is -1.29. The molecule has 2 rings (SSSR count). The fourth-order valence-corrected chi connectivity index (χ4v) is 2.29. The van der Waals surface area contributed by atoms with E-state index >= 15 is 0 Å². The third kappa shape index (κ3) is 2.93. The van der Waals surface area contributed by atoms with Crippen LogP contribution in [0, 0.1) is 0 Å². The highest BCUT2D eigenvalue weighted by Gasteiger charge is 2.28. The van der Waals surface area contributed by atoms with Gasteiger partial charge in [0.15, 0.2) is 0 Å². The van der Waals surface area contributed by atoms with E-state index in [4.69, 9.17) is 4.74 Å². The third-order valence-corrected chi connectivity index (χ3v) is 3.80. The molecular weight excluding hydrogens is 226 g/mol. The summed E-state index contributed by atoms with van der Waals surface area (Å²) in [5.41, 5.74) is 0.272. The molecule has 100 valence electrons. The van der Waals surface area contributed by atoms with Gasteiger partial charge in [-0.25, -0.2) is 0 Å². The quantitative estimate of drug-likeness (QED) is 0.886. The minimum atomic E-state index is 0.272. The summed E-state index contributed by atoms with van der Waals surface area (Å²) in [6.07, 6.45) is 2.29. The predicted octanol–water partition coefficient (Wildman–Crippen LogP) is 2.06. The Morgan fingerprint density at radius 3 is 2.72 bits per heavy atom. The molecule has 1 fully saturated rings. The molecule has 1 saturated heterocycles. The van der Waals surface area contributed by atoms with Crippen LogP contribution in [0.25, 0.3) is 0 Å². The van der Waals surface area contributed by atoms with Crippen LogP contribution in [0.5, 0.6) is 5.88 Å². The van der Waals surface area contributed by atoms with Crippen LogP contribution in [0.3, 0.4) is 0 Å². The van der Waals surface area contributed by atoms with Crippen molar-refractivity contribution >= 4 is 5.82 Å². The van der Waals surface area contributed by atoms with E-state index in [1.807, 2.05) is 26.1 Å². The maximum absolute atomic E-state index is 5.45. The highest BCUT2D eigenvalue weighted by Crippen LogP contribution is 2.25. The summed E-state index contributed by atoms with van der Waals surface area (Å²) in [5.74, 6) is 1.75. The Morgan fingerprint density at radius 2 is 2.11 bits per heavy atom. The number of nitrogens with one attached hydrogen (secondary N) is 1. The van der Waals surface area contributed by atoms with Gasteiger partial charge < -0.3 is 15.0 Å². The summed E-state index contributed by atoms with van der Waals surface area (Å²) < 4.78 is 5.45. The Morgan fingerprint density at radius 1 is 1.39 bits per heavy atom. The molecule has 1 N–H and O–H groups in total. The molecule has 0 radical (unpaired) electrons. The van der Waals surface area contributed by atoms with Crippen LogP contribution in [-0.4, -0.2) is 37.3 Å². The lowest BCUT2D eigenvalue weighted by molar-refractivity contribution is 0.302. The topological polar surface area (TPSA) is 37.4 Å². The number of piperidine rings is 1. The van der Waals surface area contributed by atoms with E-state index in [0.717, 1.165) is 37.6 Å². The van der Waals surface area contributed by atoms with Gasteiger partial charge >= 0.3 is 0 Å². The molecule has 0 aliphatic carbocycles. The number of hydrogen-bond donors (Lipinski definition) is 1. The normalized spacial score (nSPS) is 18.7. The molecule has 0 bridgehead atoms. The molecule has 0 atom stereocenters. The standard InChI is InChI=1S/C14H23N3O/c1-4-18-13-7-5-6-12(16-13)17-10-8-14(2,15-3)9-11-17/h5-7,15H,4,8-11H2,1-3H3. The van der Waals surface area contributed by atoms with Crippen LogP contribution >= 0.6 is 0 Å². The van der Waals surface area contributed by atoms with Gasteiger partial charge in [-0.15, -0.1) is 0 Å². The first-order valence-electron chi connectivity index (χ1n) is 6.70. The number of ether oxygens (including phenoxy) is 1. The molecule has 0 unspecified atom stereocenters. The SMILES string of the molecule is CCOc1cccc(N2CCC(C)(NC)CC2)n1. The number of rotatable bonds is 4. The van der Waals surface area contributed by atoms with Gasteiger partial charge in [-0.1, -0.05) is 6.07 Å². The monoisotopic (exact) mass is 249 g/mol. The molecule has 1 aliphatic heterocycles. The molecule has 2 heterocycles. The molecule has 4 nitrogen and oxygen atoms in total. The fraction of sp³-hybridized carbons (Fsp3) is 0.643. The first-order chi connectivity index (χ1) is 8.67. The number of anilines is 1. The van der Waals surface area contributed by atoms with E-state index in [1.54, 1.807) is 0 Å². The van der Waals surface area contributed by atoms with E-state index in [1.165, 1.54) is 0 Å². The predicted molar refractivity (Wildman–Crippen MR) is 74.3 cm³/mol. The van der Waals surface area contributed by atoms with Crippen LogP contribution in [0.1, 0.15) is 26.7 Å². The van der Waals surface area contributed by atoms with Crippen molar-refractivity contribution < 1.29 is 4.74 Å². The Kier molecular flexibility index (Phi) is 4.07. The minimum absolute atomic E-state index is 0.272. The van der Waals surface area contributed by atoms with Crippen molar-refractivity contribution in [3.63, 3.8) is 0 Å². The van der Waals surface area contributed by atoms with Gasteiger partial charge in [0, 0.05) is 24.7 Å². The van der Waals surface area contributed by atoms with Gasteiger partial charge in [0.1, 0.15) is 5.82 Å². The highest BCUT2D eigenvalue weighted by molar-refractivity contribution is 5.41. The summed E-state index contributed by atoms with van der Waals surface area (Å²) in [6.45, 7) is 7.01. The fourth-order valence-electron chi connectivity index (χ4n) is 2.29. The molecule has 1 aromatic heterocycles. The van der Waals surface area contributed by atoms with Crippen molar-refractivity contribution in [3.05, 3.63) is 18.2 Å². The summed E-state index contributed by atoms with van der Waals surface area (Å²) in [4.78, 5) is 6.88. The van der Waals surface area contributed by atoms with Crippen LogP contribution in [0.4, 0.5) is 5.82 Å². The van der Waals surface area contributed by atoms with E-state index in [2.05, 4.69) is 28.2 Å². The van der Waals surface area contributed by atoms with Gasteiger partial charge in [0.05, 0.1) is 6.61 Å². The molecule has 1 aliphatic rings. The van der Waals surface area contributed by atoms with Crippen molar-refractivity contribution in [2.75, 3.05) is 31.6 Å². The van der Waals surface area contributed by atoms with Crippen LogP contribution in [0.2, 0.25) is 0 Å². The molecule has 18 heavy (non-hydrogen) atoms. The van der Waals surface area contributed by atoms with Crippen molar-refractivity contribution in [1.82, 2.24) is 10.3 Å². The lowest BCUT2D eigenvalue weighted by Gasteiger charge is -2.39. The van der Waals surface area contributed by atoms with Crippen molar-refractivity contribution in [2.24, 2.45) is 0 Å². The van der Waals surface area contributed by atoms with E-state index in [-0.39, 0.29) is 5.54 Å². The average Bonchev–Trinajstić information content (AvgIpc) is 2.40. The molecule has 0 aromatic carbocycles. The average molecular weight is 249 g/mol. The van der Waals surface area contributed by atoms with E-state index in [9.17, 15) is 0 Å². The molecule has 0 saturated carbocycles. The van der Waals surface area contributed by atoms with Crippen molar-refractivity contribution in [2.45, 2.75) is 32.2 Å². The maximum Gasteiger partial charge on any atom is 0.215 e. The Labute approximate surface area is 109 Å². The summed E-state index contributed by atoms with van der Waals surface area (Å²) >= 11 is 0. The number of hydrogen-bond acceptors (Lipinski definition) is 4. The zero-order chi connectivity index (χ0) is 13.0. The summed E-state index contributed by atoms with van der Waals surface area (Å²) in [7, 11) is 2.05. The first kappa shape index (κ1) is 13.1. The van der Waals surface area contributed by atoms with Crippen molar-refractivity contribution in [1.29, 1.82) is 0 Å². The first-order valence-corrected chi connectivity index (χ1v) is 6.70. The zero-order valence-corrected chi connectivity index (χ0v) is 11.6. The minimum Gasteiger partial charge on any atom is -0.478 e. The molecular formula is C14H23N3O.